The molecule has 0 spiro atoms. The van der Waals surface area contributed by atoms with Gasteiger partial charge in [0, 0.05) is 30.2 Å². The van der Waals surface area contributed by atoms with Crippen LogP contribution in [0.5, 0.6) is 0 Å². The number of anilines is 1. The molecule has 5 nitrogen and oxygen atoms in total. The Morgan fingerprint density at radius 2 is 1.81 bits per heavy atom. The highest BCUT2D eigenvalue weighted by atomic mass is 35.5. The fraction of sp³-hybridized carbons (Fsp3) is 0.316. The van der Waals surface area contributed by atoms with Crippen molar-refractivity contribution in [1.82, 2.24) is 4.31 Å². The van der Waals surface area contributed by atoms with Crippen LogP contribution in [0, 0.1) is 6.92 Å². The number of rotatable bonds is 8. The molecule has 2 aromatic carbocycles. The van der Waals surface area contributed by atoms with E-state index in [9.17, 15) is 13.2 Å². The zero-order valence-corrected chi connectivity index (χ0v) is 16.5. The van der Waals surface area contributed by atoms with Crippen molar-refractivity contribution in [2.45, 2.75) is 19.8 Å². The molecule has 0 aliphatic rings. The molecule has 0 saturated heterocycles. The number of carbonyl (C=O) groups is 1. The van der Waals surface area contributed by atoms with Gasteiger partial charge in [0.25, 0.3) is 0 Å². The summed E-state index contributed by atoms with van der Waals surface area (Å²) in [6.45, 7) is 2.41. The van der Waals surface area contributed by atoms with Crippen LogP contribution in [0.4, 0.5) is 5.69 Å². The number of benzene rings is 2. The third-order valence-electron chi connectivity index (χ3n) is 3.93. The van der Waals surface area contributed by atoms with Crippen molar-refractivity contribution in [1.29, 1.82) is 0 Å². The molecule has 0 unspecified atom stereocenters. The molecule has 2 rings (SSSR count). The molecule has 140 valence electrons. The highest BCUT2D eigenvalue weighted by Crippen LogP contribution is 2.13. The van der Waals surface area contributed by atoms with Gasteiger partial charge in [0.05, 0.1) is 6.26 Å². The zero-order chi connectivity index (χ0) is 19.2. The Kier molecular flexibility index (Phi) is 7.20. The average Bonchev–Trinajstić information content (AvgIpc) is 2.56. The van der Waals surface area contributed by atoms with Crippen molar-refractivity contribution in [3.05, 3.63) is 64.7 Å². The van der Waals surface area contributed by atoms with E-state index in [4.69, 9.17) is 11.6 Å². The van der Waals surface area contributed by atoms with Crippen molar-refractivity contribution in [2.24, 2.45) is 0 Å². The van der Waals surface area contributed by atoms with E-state index >= 15 is 0 Å². The quantitative estimate of drug-likeness (QED) is 0.745. The van der Waals surface area contributed by atoms with Gasteiger partial charge < -0.3 is 5.32 Å². The number of hydrogen-bond donors (Lipinski definition) is 1. The van der Waals surface area contributed by atoms with E-state index in [-0.39, 0.29) is 18.9 Å². The second-order valence-electron chi connectivity index (χ2n) is 6.21. The Balaban J connectivity index is 1.91. The first-order chi connectivity index (χ1) is 12.2. The predicted octanol–water partition coefficient (Wildman–Crippen LogP) is 3.48. The summed E-state index contributed by atoms with van der Waals surface area (Å²) in [5, 5.41) is 3.40. The van der Waals surface area contributed by atoms with Gasteiger partial charge in [-0.2, -0.15) is 0 Å². The second-order valence-corrected chi connectivity index (χ2v) is 8.63. The topological polar surface area (TPSA) is 66.5 Å². The standard InChI is InChI=1S/C19H23ClN2O3S/c1-15-6-8-18(9-7-15)21-19(23)11-13-22(26(2,24)25)12-10-16-4-3-5-17(20)14-16/h3-9,14H,10-13H2,1-2H3,(H,21,23). The summed E-state index contributed by atoms with van der Waals surface area (Å²) in [6, 6.07) is 14.8. The maximum atomic E-state index is 12.1. The lowest BCUT2D eigenvalue weighted by Gasteiger charge is -2.19. The maximum absolute atomic E-state index is 12.1. The van der Waals surface area contributed by atoms with E-state index in [1.54, 1.807) is 6.07 Å². The van der Waals surface area contributed by atoms with Gasteiger partial charge in [-0.1, -0.05) is 41.4 Å². The Labute approximate surface area is 160 Å². The third kappa shape index (κ3) is 6.78. The number of carbonyl (C=O) groups excluding carboxylic acids is 1. The SMILES string of the molecule is Cc1ccc(NC(=O)CCN(CCc2cccc(Cl)c2)S(C)(=O)=O)cc1. The number of halogens is 1. The van der Waals surface area contributed by atoms with Crippen LogP contribution in [0.25, 0.3) is 0 Å². The van der Waals surface area contributed by atoms with E-state index in [0.717, 1.165) is 17.4 Å². The fourth-order valence-corrected chi connectivity index (χ4v) is 3.54. The maximum Gasteiger partial charge on any atom is 0.225 e. The summed E-state index contributed by atoms with van der Waals surface area (Å²) in [4.78, 5) is 12.1. The molecule has 26 heavy (non-hydrogen) atoms. The predicted molar refractivity (Wildman–Crippen MR) is 106 cm³/mol. The molecule has 0 heterocycles. The Bertz CT molecular complexity index is 851. The normalized spacial score (nSPS) is 11.5. The smallest absolute Gasteiger partial charge is 0.225 e. The number of amides is 1. The van der Waals surface area contributed by atoms with E-state index in [0.29, 0.717) is 23.7 Å². The van der Waals surface area contributed by atoms with E-state index < -0.39 is 10.0 Å². The minimum Gasteiger partial charge on any atom is -0.326 e. The lowest BCUT2D eigenvalue weighted by atomic mass is 10.1. The number of nitrogens with zero attached hydrogens (tertiary/aromatic N) is 1. The Hall–Kier alpha value is -1.89. The minimum absolute atomic E-state index is 0.0937. The summed E-state index contributed by atoms with van der Waals surface area (Å²) >= 11 is 5.95. The number of sulfonamides is 1. The summed E-state index contributed by atoms with van der Waals surface area (Å²) in [6.07, 6.45) is 1.78. The first-order valence-corrected chi connectivity index (χ1v) is 10.5. The van der Waals surface area contributed by atoms with Gasteiger partial charge in [-0.05, 0) is 43.2 Å². The second kappa shape index (κ2) is 9.16. The summed E-state index contributed by atoms with van der Waals surface area (Å²) < 4.78 is 25.3. The van der Waals surface area contributed by atoms with E-state index in [2.05, 4.69) is 5.32 Å². The molecule has 0 atom stereocenters. The van der Waals surface area contributed by atoms with Crippen LogP contribution in [-0.2, 0) is 21.2 Å². The molecule has 7 heteroatoms. The Morgan fingerprint density at radius 1 is 1.12 bits per heavy atom. The molecular weight excluding hydrogens is 372 g/mol. The van der Waals surface area contributed by atoms with Gasteiger partial charge in [0.15, 0.2) is 0 Å². The van der Waals surface area contributed by atoms with Gasteiger partial charge in [-0.3, -0.25) is 4.79 Å². The lowest BCUT2D eigenvalue weighted by molar-refractivity contribution is -0.116. The largest absolute Gasteiger partial charge is 0.326 e. The van der Waals surface area contributed by atoms with Crippen LogP contribution in [0.1, 0.15) is 17.5 Å². The molecule has 0 fully saturated rings. The molecule has 1 N–H and O–H groups in total. The number of nitrogens with one attached hydrogen (secondary N) is 1. The van der Waals surface area contributed by atoms with Crippen LogP contribution >= 0.6 is 11.6 Å². The summed E-state index contributed by atoms with van der Waals surface area (Å²) in [7, 11) is -3.40. The van der Waals surface area contributed by atoms with Crippen LogP contribution in [0.2, 0.25) is 5.02 Å². The van der Waals surface area contributed by atoms with Crippen LogP contribution in [0.3, 0.4) is 0 Å². The summed E-state index contributed by atoms with van der Waals surface area (Å²) in [5.41, 5.74) is 2.76. The highest BCUT2D eigenvalue weighted by Gasteiger charge is 2.18. The molecule has 1 amide bonds. The third-order valence-corrected chi connectivity index (χ3v) is 5.47. The van der Waals surface area contributed by atoms with Gasteiger partial charge in [-0.25, -0.2) is 12.7 Å². The Morgan fingerprint density at radius 3 is 2.42 bits per heavy atom. The van der Waals surface area contributed by atoms with E-state index in [1.807, 2.05) is 49.4 Å². The molecule has 0 saturated carbocycles. The number of aryl methyl sites for hydroxylation is 1. The molecule has 2 aromatic rings. The zero-order valence-electron chi connectivity index (χ0n) is 14.9. The molecular formula is C19H23ClN2O3S. The van der Waals surface area contributed by atoms with Crippen LogP contribution in [0.15, 0.2) is 48.5 Å². The van der Waals surface area contributed by atoms with Crippen molar-refractivity contribution in [3.8, 4) is 0 Å². The lowest BCUT2D eigenvalue weighted by Crippen LogP contribution is -2.34. The molecule has 0 aromatic heterocycles. The van der Waals surface area contributed by atoms with Crippen molar-refractivity contribution in [2.75, 3.05) is 24.7 Å². The molecule has 0 radical (unpaired) electrons. The van der Waals surface area contributed by atoms with Gasteiger partial charge in [0.2, 0.25) is 15.9 Å². The number of hydrogen-bond acceptors (Lipinski definition) is 3. The molecule has 0 aliphatic carbocycles. The van der Waals surface area contributed by atoms with Gasteiger partial charge >= 0.3 is 0 Å². The minimum atomic E-state index is -3.40. The molecule has 0 bridgehead atoms. The van der Waals surface area contributed by atoms with Crippen LogP contribution in [-0.4, -0.2) is 38.0 Å². The first kappa shape index (κ1) is 20.4. The summed E-state index contributed by atoms with van der Waals surface area (Å²) in [5.74, 6) is -0.217. The van der Waals surface area contributed by atoms with Crippen molar-refractivity contribution < 1.29 is 13.2 Å². The van der Waals surface area contributed by atoms with Crippen molar-refractivity contribution in [3.63, 3.8) is 0 Å². The average molecular weight is 395 g/mol. The first-order valence-electron chi connectivity index (χ1n) is 8.30. The van der Waals surface area contributed by atoms with Gasteiger partial charge in [-0.15, -0.1) is 0 Å². The van der Waals surface area contributed by atoms with Gasteiger partial charge in [0.1, 0.15) is 0 Å². The van der Waals surface area contributed by atoms with E-state index in [1.165, 1.54) is 4.31 Å². The van der Waals surface area contributed by atoms with Crippen LogP contribution < -0.4 is 5.32 Å². The van der Waals surface area contributed by atoms with Crippen molar-refractivity contribution >= 4 is 33.2 Å². The fourth-order valence-electron chi connectivity index (χ4n) is 2.48. The highest BCUT2D eigenvalue weighted by molar-refractivity contribution is 7.88. The molecule has 0 aliphatic heterocycles. The monoisotopic (exact) mass is 394 g/mol.